The second-order valence-electron chi connectivity index (χ2n) is 3.71. The van der Waals surface area contributed by atoms with Gasteiger partial charge in [-0.25, -0.2) is 4.79 Å². The Morgan fingerprint density at radius 2 is 2.22 bits per heavy atom. The number of nitrogens with zero attached hydrogens (tertiary/aromatic N) is 2. The van der Waals surface area contributed by atoms with Crippen LogP contribution in [0.25, 0.3) is 0 Å². The van der Waals surface area contributed by atoms with Crippen LogP contribution in [-0.4, -0.2) is 26.2 Å². The van der Waals surface area contributed by atoms with Crippen molar-refractivity contribution >= 4 is 28.0 Å². The lowest BCUT2D eigenvalue weighted by Gasteiger charge is -2.20. The summed E-state index contributed by atoms with van der Waals surface area (Å²) in [6, 6.07) is 2.07. The number of hydrogen-bond donors (Lipinski definition) is 1. The van der Waals surface area contributed by atoms with Gasteiger partial charge in [0.25, 0.3) is 0 Å². The average molecular weight is 267 g/mol. The first-order valence-electron chi connectivity index (χ1n) is 5.76. The Bertz CT molecular complexity index is 476. The lowest BCUT2D eigenvalue weighted by molar-refractivity contribution is 0.0607. The quantitative estimate of drug-likeness (QED) is 0.827. The molecule has 0 aromatic carbocycles. The first-order chi connectivity index (χ1) is 8.60. The molecule has 0 spiro atoms. The van der Waals surface area contributed by atoms with Gasteiger partial charge in [0.05, 0.1) is 12.8 Å². The number of carbonyl (C=O) groups is 1. The zero-order chi connectivity index (χ0) is 13.7. The number of carbonyl (C=O) groups excluding carboxylic acids is 1. The summed E-state index contributed by atoms with van der Waals surface area (Å²) < 4.78 is 4.67. The SMILES string of the molecule is CCCN(CC)c1sc(C(=O)OC)c(N)c1C#N. The van der Waals surface area contributed by atoms with Gasteiger partial charge in [-0.3, -0.25) is 0 Å². The van der Waals surface area contributed by atoms with Crippen molar-refractivity contribution in [2.24, 2.45) is 0 Å². The van der Waals surface area contributed by atoms with E-state index in [0.29, 0.717) is 10.4 Å². The van der Waals surface area contributed by atoms with Crippen LogP contribution in [-0.2, 0) is 4.74 Å². The molecule has 0 radical (unpaired) electrons. The number of nitriles is 1. The summed E-state index contributed by atoms with van der Waals surface area (Å²) in [6.45, 7) is 5.66. The molecule has 0 saturated carbocycles. The van der Waals surface area contributed by atoms with E-state index in [4.69, 9.17) is 5.73 Å². The van der Waals surface area contributed by atoms with E-state index in [2.05, 4.69) is 17.7 Å². The highest BCUT2D eigenvalue weighted by Crippen LogP contribution is 2.38. The van der Waals surface area contributed by atoms with Crippen molar-refractivity contribution < 1.29 is 9.53 Å². The minimum absolute atomic E-state index is 0.221. The molecule has 5 nitrogen and oxygen atoms in total. The number of rotatable bonds is 5. The van der Waals surface area contributed by atoms with Crippen LogP contribution in [0.2, 0.25) is 0 Å². The van der Waals surface area contributed by atoms with Crippen molar-refractivity contribution in [3.63, 3.8) is 0 Å². The molecule has 1 aromatic rings. The number of ether oxygens (including phenoxy) is 1. The summed E-state index contributed by atoms with van der Waals surface area (Å²) in [4.78, 5) is 13.9. The number of hydrogen-bond acceptors (Lipinski definition) is 6. The van der Waals surface area contributed by atoms with Gasteiger partial charge in [-0.15, -0.1) is 11.3 Å². The average Bonchev–Trinajstić information content (AvgIpc) is 2.71. The molecule has 0 saturated heterocycles. The summed E-state index contributed by atoms with van der Waals surface area (Å²) in [5.74, 6) is -0.493. The van der Waals surface area contributed by atoms with Gasteiger partial charge in [-0.2, -0.15) is 5.26 Å². The maximum atomic E-state index is 11.6. The molecule has 18 heavy (non-hydrogen) atoms. The van der Waals surface area contributed by atoms with Gasteiger partial charge in [0.2, 0.25) is 0 Å². The van der Waals surface area contributed by atoms with Crippen LogP contribution < -0.4 is 10.6 Å². The Balaban J connectivity index is 3.28. The minimum Gasteiger partial charge on any atom is -0.465 e. The number of nitrogens with two attached hydrogens (primary N) is 1. The van der Waals surface area contributed by atoms with Crippen LogP contribution in [0.3, 0.4) is 0 Å². The Kier molecular flexibility index (Phi) is 4.98. The Morgan fingerprint density at radius 3 is 2.67 bits per heavy atom. The predicted molar refractivity (Wildman–Crippen MR) is 73.0 cm³/mol. The highest BCUT2D eigenvalue weighted by Gasteiger charge is 2.24. The summed E-state index contributed by atoms with van der Waals surface area (Å²) in [5.41, 5.74) is 6.43. The molecule has 1 heterocycles. The van der Waals surface area contributed by atoms with E-state index in [9.17, 15) is 10.1 Å². The number of nitrogen functional groups attached to an aromatic ring is 1. The molecule has 0 amide bonds. The van der Waals surface area contributed by atoms with Gasteiger partial charge in [0.1, 0.15) is 21.5 Å². The Labute approximate surface area is 111 Å². The van der Waals surface area contributed by atoms with Crippen LogP contribution in [0, 0.1) is 11.3 Å². The van der Waals surface area contributed by atoms with E-state index in [1.54, 1.807) is 0 Å². The molecule has 0 fully saturated rings. The molecule has 0 unspecified atom stereocenters. The third-order valence-corrected chi connectivity index (χ3v) is 3.82. The van der Waals surface area contributed by atoms with Crippen molar-refractivity contribution in [3.8, 4) is 6.07 Å². The second-order valence-corrected chi connectivity index (χ2v) is 4.71. The van der Waals surface area contributed by atoms with Crippen LogP contribution in [0.4, 0.5) is 10.7 Å². The highest BCUT2D eigenvalue weighted by atomic mass is 32.1. The topological polar surface area (TPSA) is 79.3 Å². The lowest BCUT2D eigenvalue weighted by Crippen LogP contribution is -2.23. The van der Waals surface area contributed by atoms with Gasteiger partial charge in [0.15, 0.2) is 0 Å². The normalized spacial score (nSPS) is 9.89. The van der Waals surface area contributed by atoms with E-state index >= 15 is 0 Å². The van der Waals surface area contributed by atoms with Crippen molar-refractivity contribution in [3.05, 3.63) is 10.4 Å². The molecule has 0 atom stereocenters. The van der Waals surface area contributed by atoms with Gasteiger partial charge in [-0.05, 0) is 13.3 Å². The minimum atomic E-state index is -0.493. The zero-order valence-electron chi connectivity index (χ0n) is 10.8. The first-order valence-corrected chi connectivity index (χ1v) is 6.57. The summed E-state index contributed by atoms with van der Waals surface area (Å²) in [6.07, 6.45) is 0.962. The number of anilines is 2. The number of esters is 1. The van der Waals surface area contributed by atoms with Crippen molar-refractivity contribution in [2.45, 2.75) is 20.3 Å². The summed E-state index contributed by atoms with van der Waals surface area (Å²) in [5, 5.41) is 9.93. The molecule has 0 bridgehead atoms. The first kappa shape index (κ1) is 14.3. The van der Waals surface area contributed by atoms with Gasteiger partial charge >= 0.3 is 5.97 Å². The maximum absolute atomic E-state index is 11.6. The Morgan fingerprint density at radius 1 is 1.56 bits per heavy atom. The largest absolute Gasteiger partial charge is 0.465 e. The van der Waals surface area contributed by atoms with Crippen molar-refractivity contribution in [2.75, 3.05) is 30.8 Å². The molecule has 6 heteroatoms. The molecular weight excluding hydrogens is 250 g/mol. The fourth-order valence-electron chi connectivity index (χ4n) is 1.68. The van der Waals surface area contributed by atoms with Gasteiger partial charge in [-0.1, -0.05) is 6.92 Å². The molecule has 1 rings (SSSR count). The second kappa shape index (κ2) is 6.26. The van der Waals surface area contributed by atoms with Crippen molar-refractivity contribution in [1.82, 2.24) is 0 Å². The molecule has 2 N–H and O–H groups in total. The summed E-state index contributed by atoms with van der Waals surface area (Å²) in [7, 11) is 1.30. The monoisotopic (exact) mass is 267 g/mol. The number of thiophene rings is 1. The zero-order valence-corrected chi connectivity index (χ0v) is 11.6. The highest BCUT2D eigenvalue weighted by molar-refractivity contribution is 7.18. The summed E-state index contributed by atoms with van der Waals surface area (Å²) >= 11 is 1.22. The van der Waals surface area contributed by atoms with E-state index in [1.807, 2.05) is 11.8 Å². The third-order valence-electron chi connectivity index (χ3n) is 2.57. The molecule has 0 aliphatic carbocycles. The van der Waals surface area contributed by atoms with E-state index in [-0.39, 0.29) is 5.69 Å². The Hall–Kier alpha value is -1.74. The number of methoxy groups -OCH3 is 1. The van der Waals surface area contributed by atoms with Crippen LogP contribution in [0.15, 0.2) is 0 Å². The van der Waals surface area contributed by atoms with Crippen LogP contribution in [0.1, 0.15) is 35.5 Å². The third kappa shape index (κ3) is 2.57. The van der Waals surface area contributed by atoms with E-state index in [1.165, 1.54) is 18.4 Å². The molecular formula is C12H17N3O2S. The fraction of sp³-hybridized carbons (Fsp3) is 0.500. The van der Waals surface area contributed by atoms with Crippen LogP contribution in [0.5, 0.6) is 0 Å². The predicted octanol–water partition coefficient (Wildman–Crippen LogP) is 2.22. The molecule has 0 aliphatic rings. The van der Waals surface area contributed by atoms with Crippen LogP contribution >= 0.6 is 11.3 Å². The smallest absolute Gasteiger partial charge is 0.350 e. The maximum Gasteiger partial charge on any atom is 0.350 e. The molecule has 0 aliphatic heterocycles. The van der Waals surface area contributed by atoms with Gasteiger partial charge in [0, 0.05) is 13.1 Å². The standard InChI is InChI=1S/C12H17N3O2S/c1-4-6-15(5-2)11-8(7-13)9(14)10(18-11)12(16)17-3/h4-6,14H2,1-3H3. The fourth-order valence-corrected chi connectivity index (χ4v) is 2.86. The lowest BCUT2D eigenvalue weighted by atomic mass is 10.2. The van der Waals surface area contributed by atoms with E-state index < -0.39 is 5.97 Å². The van der Waals surface area contributed by atoms with Gasteiger partial charge < -0.3 is 15.4 Å². The van der Waals surface area contributed by atoms with Crippen molar-refractivity contribution in [1.29, 1.82) is 5.26 Å². The van der Waals surface area contributed by atoms with E-state index in [0.717, 1.165) is 24.5 Å². The molecule has 98 valence electrons. The molecule has 1 aromatic heterocycles.